The number of anilines is 1. The summed E-state index contributed by atoms with van der Waals surface area (Å²) in [4.78, 5) is 33.9. The average Bonchev–Trinajstić information content (AvgIpc) is 3.43. The summed E-state index contributed by atoms with van der Waals surface area (Å²) in [5.41, 5.74) is 2.54. The molecule has 3 amide bonds. The van der Waals surface area contributed by atoms with E-state index in [1.807, 2.05) is 6.07 Å². The predicted molar refractivity (Wildman–Crippen MR) is 121 cm³/mol. The Hall–Kier alpha value is -3.91. The van der Waals surface area contributed by atoms with Crippen LogP contribution in [0.25, 0.3) is 0 Å². The topological polar surface area (TPSA) is 96.2 Å². The molecule has 0 atom stereocenters. The van der Waals surface area contributed by atoms with Gasteiger partial charge in [-0.05, 0) is 42.3 Å². The van der Waals surface area contributed by atoms with Crippen molar-refractivity contribution in [1.29, 1.82) is 0 Å². The second-order valence-corrected chi connectivity index (χ2v) is 9.26. The minimum absolute atomic E-state index is 0.0161. The Balaban J connectivity index is 1.49. The first kappa shape index (κ1) is 20.0. The van der Waals surface area contributed by atoms with Crippen molar-refractivity contribution in [2.45, 2.75) is 11.3 Å². The van der Waals surface area contributed by atoms with Crippen LogP contribution in [0, 0.1) is 0 Å². The quantitative estimate of drug-likeness (QED) is 0.617. The van der Waals surface area contributed by atoms with Crippen LogP contribution in [-0.2, 0) is 16.3 Å². The third-order valence-electron chi connectivity index (χ3n) is 5.43. The third-order valence-corrected chi connectivity index (χ3v) is 7.10. The lowest BCUT2D eigenvalue weighted by molar-refractivity contribution is 0.0989. The standard InChI is InChI=1S/C24H17N3O4S/c28-23(17-9-5-2-6-10-17)27-14-13-18-15-19(11-12-20(18)27)32(30,31)22-21(25-24(29)26-22)16-7-3-1-4-8-16/h1-12,15H,13-14H2. The first-order valence-corrected chi connectivity index (χ1v) is 11.5. The van der Waals surface area contributed by atoms with Crippen LogP contribution < -0.4 is 4.90 Å². The zero-order valence-electron chi connectivity index (χ0n) is 16.8. The first-order chi connectivity index (χ1) is 15.4. The maximum atomic E-state index is 13.4. The van der Waals surface area contributed by atoms with Crippen molar-refractivity contribution in [3.8, 4) is 0 Å². The molecule has 0 unspecified atom stereocenters. The van der Waals surface area contributed by atoms with Gasteiger partial charge in [0.25, 0.3) is 5.91 Å². The number of hydrogen-bond donors (Lipinski definition) is 0. The van der Waals surface area contributed by atoms with Crippen molar-refractivity contribution in [2.75, 3.05) is 11.4 Å². The molecule has 8 heteroatoms. The van der Waals surface area contributed by atoms with Crippen molar-refractivity contribution in [3.05, 3.63) is 95.6 Å². The number of amides is 3. The summed E-state index contributed by atoms with van der Waals surface area (Å²) in [6.07, 6.45) is 0.530. The second-order valence-electron chi connectivity index (χ2n) is 7.39. The first-order valence-electron chi connectivity index (χ1n) is 9.97. The summed E-state index contributed by atoms with van der Waals surface area (Å²) in [5.74, 6) is -0.135. The molecule has 0 N–H and O–H groups in total. The van der Waals surface area contributed by atoms with Crippen molar-refractivity contribution in [3.63, 3.8) is 0 Å². The Bertz CT molecular complexity index is 1410. The SMILES string of the molecule is O=C1N=C(c2ccccc2)C(S(=O)(=O)c2ccc3c(c2)CCN3C(=O)c2ccccc2)=N1. The molecule has 2 heterocycles. The van der Waals surface area contributed by atoms with Gasteiger partial charge in [0.05, 0.1) is 4.90 Å². The monoisotopic (exact) mass is 443 g/mol. The van der Waals surface area contributed by atoms with Crippen LogP contribution in [0.3, 0.4) is 0 Å². The van der Waals surface area contributed by atoms with E-state index in [0.29, 0.717) is 29.8 Å². The van der Waals surface area contributed by atoms with Gasteiger partial charge in [0, 0.05) is 23.4 Å². The number of aliphatic imine (C=N–C) groups is 2. The predicted octanol–water partition coefficient (Wildman–Crippen LogP) is 3.68. The Morgan fingerprint density at radius 3 is 2.28 bits per heavy atom. The Kier molecular flexibility index (Phi) is 4.79. The molecule has 2 aliphatic rings. The van der Waals surface area contributed by atoms with Crippen LogP contribution in [0.2, 0.25) is 0 Å². The van der Waals surface area contributed by atoms with E-state index in [9.17, 15) is 18.0 Å². The lowest BCUT2D eigenvalue weighted by atomic mass is 10.1. The summed E-state index contributed by atoms with van der Waals surface area (Å²) in [6, 6.07) is 21.3. The summed E-state index contributed by atoms with van der Waals surface area (Å²) >= 11 is 0. The van der Waals surface area contributed by atoms with Crippen molar-refractivity contribution in [2.24, 2.45) is 9.98 Å². The van der Waals surface area contributed by atoms with Crippen LogP contribution in [0.15, 0.2) is 93.7 Å². The number of nitrogens with zero attached hydrogens (tertiary/aromatic N) is 3. The molecule has 0 saturated carbocycles. The number of carbonyl (C=O) groups is 2. The third kappa shape index (κ3) is 3.34. The molecule has 3 aromatic carbocycles. The van der Waals surface area contributed by atoms with E-state index >= 15 is 0 Å². The highest BCUT2D eigenvalue weighted by molar-refractivity contribution is 8.08. The molecular weight excluding hydrogens is 426 g/mol. The minimum atomic E-state index is -4.09. The number of fused-ring (bicyclic) bond motifs is 1. The minimum Gasteiger partial charge on any atom is -0.308 e. The van der Waals surface area contributed by atoms with Gasteiger partial charge >= 0.3 is 6.03 Å². The van der Waals surface area contributed by atoms with Gasteiger partial charge in [-0.2, -0.15) is 9.98 Å². The van der Waals surface area contributed by atoms with Crippen LogP contribution >= 0.6 is 0 Å². The second kappa shape index (κ2) is 7.65. The number of carbonyl (C=O) groups excluding carboxylic acids is 2. The van der Waals surface area contributed by atoms with E-state index in [2.05, 4.69) is 9.98 Å². The number of benzene rings is 3. The van der Waals surface area contributed by atoms with E-state index in [0.717, 1.165) is 5.56 Å². The van der Waals surface area contributed by atoms with Crippen LogP contribution in [0.5, 0.6) is 0 Å². The molecule has 0 radical (unpaired) electrons. The molecule has 3 aromatic rings. The number of rotatable bonds is 3. The summed E-state index contributed by atoms with van der Waals surface area (Å²) in [7, 11) is -4.09. The maximum absolute atomic E-state index is 13.4. The molecule has 32 heavy (non-hydrogen) atoms. The van der Waals surface area contributed by atoms with E-state index in [1.165, 1.54) is 6.07 Å². The van der Waals surface area contributed by atoms with Crippen molar-refractivity contribution >= 4 is 38.2 Å². The summed E-state index contributed by atoms with van der Waals surface area (Å²) < 4.78 is 26.7. The molecule has 2 aliphatic heterocycles. The van der Waals surface area contributed by atoms with E-state index in [4.69, 9.17) is 0 Å². The fourth-order valence-electron chi connectivity index (χ4n) is 3.88. The van der Waals surface area contributed by atoms with Gasteiger partial charge < -0.3 is 4.90 Å². The molecule has 0 fully saturated rings. The molecule has 0 bridgehead atoms. The molecule has 7 nitrogen and oxygen atoms in total. The van der Waals surface area contributed by atoms with Crippen LogP contribution in [-0.4, -0.2) is 37.7 Å². The fourth-order valence-corrected chi connectivity index (χ4v) is 5.27. The highest BCUT2D eigenvalue weighted by Crippen LogP contribution is 2.32. The van der Waals surface area contributed by atoms with E-state index in [1.54, 1.807) is 71.6 Å². The Morgan fingerprint density at radius 2 is 1.56 bits per heavy atom. The lowest BCUT2D eigenvalue weighted by Crippen LogP contribution is -2.28. The highest BCUT2D eigenvalue weighted by Gasteiger charge is 2.35. The normalized spacial score (nSPS) is 15.4. The average molecular weight is 443 g/mol. The molecule has 158 valence electrons. The largest absolute Gasteiger partial charge is 0.369 e. The molecule has 0 aromatic heterocycles. The Labute approximate surface area is 184 Å². The summed E-state index contributed by atoms with van der Waals surface area (Å²) in [5, 5.41) is -0.358. The van der Waals surface area contributed by atoms with E-state index < -0.39 is 15.9 Å². The van der Waals surface area contributed by atoms with Gasteiger partial charge in [-0.1, -0.05) is 48.5 Å². The zero-order chi connectivity index (χ0) is 22.3. The number of urea groups is 1. The molecule has 5 rings (SSSR count). The number of sulfone groups is 1. The highest BCUT2D eigenvalue weighted by atomic mass is 32.2. The van der Waals surface area contributed by atoms with Gasteiger partial charge in [0.1, 0.15) is 5.71 Å². The van der Waals surface area contributed by atoms with Crippen LogP contribution in [0.1, 0.15) is 21.5 Å². The fraction of sp³-hybridized carbons (Fsp3) is 0.0833. The van der Waals surface area contributed by atoms with Crippen molar-refractivity contribution < 1.29 is 18.0 Å². The van der Waals surface area contributed by atoms with Gasteiger partial charge in [-0.25, -0.2) is 13.2 Å². The Morgan fingerprint density at radius 1 is 0.875 bits per heavy atom. The maximum Gasteiger partial charge on any atom is 0.369 e. The summed E-state index contributed by atoms with van der Waals surface area (Å²) in [6.45, 7) is 0.461. The zero-order valence-corrected chi connectivity index (χ0v) is 17.6. The molecular formula is C24H17N3O4S. The van der Waals surface area contributed by atoms with Gasteiger partial charge in [0.15, 0.2) is 5.04 Å². The number of hydrogen-bond acceptors (Lipinski definition) is 4. The molecule has 0 spiro atoms. The van der Waals surface area contributed by atoms with Gasteiger partial charge in [-0.3, -0.25) is 4.79 Å². The van der Waals surface area contributed by atoms with Gasteiger partial charge in [-0.15, -0.1) is 0 Å². The smallest absolute Gasteiger partial charge is 0.308 e. The molecule has 0 saturated heterocycles. The van der Waals surface area contributed by atoms with Gasteiger partial charge in [0.2, 0.25) is 9.84 Å². The van der Waals surface area contributed by atoms with E-state index in [-0.39, 0.29) is 21.6 Å². The molecule has 0 aliphatic carbocycles. The van der Waals surface area contributed by atoms with Crippen molar-refractivity contribution in [1.82, 2.24) is 0 Å². The van der Waals surface area contributed by atoms with Crippen LogP contribution in [0.4, 0.5) is 10.5 Å². The lowest BCUT2D eigenvalue weighted by Gasteiger charge is -2.17.